The van der Waals surface area contributed by atoms with Crippen molar-refractivity contribution < 1.29 is 22.3 Å². The zero-order valence-corrected chi connectivity index (χ0v) is 16.9. The maximum atomic E-state index is 13.9. The first kappa shape index (κ1) is 22.3. The molecule has 0 saturated carbocycles. The number of esters is 1. The lowest BCUT2D eigenvalue weighted by Crippen LogP contribution is -2.30. The van der Waals surface area contributed by atoms with E-state index in [1.807, 2.05) is 30.3 Å². The molecule has 9 heteroatoms. The molecular formula is C19H22ClFN2O4S. The van der Waals surface area contributed by atoms with E-state index < -0.39 is 21.8 Å². The van der Waals surface area contributed by atoms with Gasteiger partial charge in [-0.15, -0.1) is 12.4 Å². The van der Waals surface area contributed by atoms with Crippen LogP contribution >= 0.6 is 12.4 Å². The number of benzene rings is 2. The molecule has 2 atom stereocenters. The number of nitrogens with zero attached hydrogens (tertiary/aromatic N) is 1. The van der Waals surface area contributed by atoms with Crippen molar-refractivity contribution in [2.75, 3.05) is 26.7 Å². The Morgan fingerprint density at radius 3 is 2.50 bits per heavy atom. The zero-order valence-electron chi connectivity index (χ0n) is 15.2. The van der Waals surface area contributed by atoms with Crippen LogP contribution in [0.1, 0.15) is 21.8 Å². The summed E-state index contributed by atoms with van der Waals surface area (Å²) in [6.45, 7) is 0.822. The molecule has 152 valence electrons. The predicted octanol–water partition coefficient (Wildman–Crippen LogP) is 2.40. The number of ether oxygens (including phenoxy) is 1. The number of hydrogen-bond donors (Lipinski definition) is 1. The number of rotatable bonds is 5. The Hall–Kier alpha value is -2.00. The Labute approximate surface area is 169 Å². The minimum Gasteiger partial charge on any atom is -0.465 e. The Bertz CT molecular complexity index is 940. The second-order valence-electron chi connectivity index (χ2n) is 6.50. The first-order valence-electron chi connectivity index (χ1n) is 8.51. The van der Waals surface area contributed by atoms with Gasteiger partial charge in [0.05, 0.1) is 17.6 Å². The number of carbonyl (C=O) groups excluding carboxylic acids is 1. The fourth-order valence-corrected chi connectivity index (χ4v) is 5.02. The summed E-state index contributed by atoms with van der Waals surface area (Å²) in [5.74, 6) is -1.70. The van der Waals surface area contributed by atoms with E-state index in [1.165, 1.54) is 4.31 Å². The number of nitrogens with two attached hydrogens (primary N) is 1. The molecule has 3 rings (SSSR count). The van der Waals surface area contributed by atoms with E-state index >= 15 is 0 Å². The molecule has 0 bridgehead atoms. The molecule has 2 N–H and O–H groups in total. The van der Waals surface area contributed by atoms with Gasteiger partial charge in [0.2, 0.25) is 10.0 Å². The smallest absolute Gasteiger partial charge is 0.337 e. The fourth-order valence-electron chi connectivity index (χ4n) is 3.44. The normalized spacial score (nSPS) is 19.8. The van der Waals surface area contributed by atoms with Crippen LogP contribution in [0.2, 0.25) is 0 Å². The van der Waals surface area contributed by atoms with E-state index in [1.54, 1.807) is 0 Å². The highest BCUT2D eigenvalue weighted by molar-refractivity contribution is 7.89. The molecule has 0 radical (unpaired) electrons. The Morgan fingerprint density at radius 2 is 1.89 bits per heavy atom. The fraction of sp³-hybridized carbons (Fsp3) is 0.316. The highest BCUT2D eigenvalue weighted by Gasteiger charge is 2.39. The Morgan fingerprint density at radius 1 is 1.21 bits per heavy atom. The summed E-state index contributed by atoms with van der Waals surface area (Å²) in [7, 11) is -2.83. The SMILES string of the molecule is COC(=O)c1cc(F)cc(S(=O)(=O)N2C[C@@H](CN)[C@H](c3ccccc3)C2)c1.Cl. The maximum absolute atomic E-state index is 13.9. The number of methoxy groups -OCH3 is 1. The van der Waals surface area contributed by atoms with Gasteiger partial charge in [-0.25, -0.2) is 17.6 Å². The lowest BCUT2D eigenvalue weighted by molar-refractivity contribution is 0.0600. The van der Waals surface area contributed by atoms with Gasteiger partial charge >= 0.3 is 5.97 Å². The van der Waals surface area contributed by atoms with Crippen molar-refractivity contribution >= 4 is 28.4 Å². The average Bonchev–Trinajstić information content (AvgIpc) is 3.13. The molecule has 0 amide bonds. The van der Waals surface area contributed by atoms with Gasteiger partial charge in [0.1, 0.15) is 5.82 Å². The molecule has 0 spiro atoms. The predicted molar refractivity (Wildman–Crippen MR) is 105 cm³/mol. The third-order valence-corrected chi connectivity index (χ3v) is 6.68. The van der Waals surface area contributed by atoms with E-state index in [2.05, 4.69) is 4.74 Å². The summed E-state index contributed by atoms with van der Waals surface area (Å²) in [4.78, 5) is 11.4. The van der Waals surface area contributed by atoms with Crippen molar-refractivity contribution in [1.29, 1.82) is 0 Å². The second-order valence-corrected chi connectivity index (χ2v) is 8.44. The van der Waals surface area contributed by atoms with Crippen LogP contribution in [0.15, 0.2) is 53.4 Å². The third-order valence-electron chi connectivity index (χ3n) is 4.87. The van der Waals surface area contributed by atoms with Crippen molar-refractivity contribution in [3.63, 3.8) is 0 Å². The van der Waals surface area contributed by atoms with Gasteiger partial charge in [0.15, 0.2) is 0 Å². The Kier molecular flexibility index (Phi) is 7.16. The number of sulfonamides is 1. The van der Waals surface area contributed by atoms with Crippen molar-refractivity contribution in [2.45, 2.75) is 10.8 Å². The van der Waals surface area contributed by atoms with Crippen LogP contribution in [-0.2, 0) is 14.8 Å². The maximum Gasteiger partial charge on any atom is 0.337 e. The molecule has 2 aromatic carbocycles. The molecule has 0 aromatic heterocycles. The first-order chi connectivity index (χ1) is 12.9. The van der Waals surface area contributed by atoms with E-state index in [4.69, 9.17) is 5.73 Å². The molecule has 0 unspecified atom stereocenters. The van der Waals surface area contributed by atoms with Gasteiger partial charge in [-0.05, 0) is 36.2 Å². The molecule has 1 aliphatic heterocycles. The molecule has 2 aromatic rings. The van der Waals surface area contributed by atoms with Crippen molar-refractivity contribution in [3.05, 3.63) is 65.5 Å². The van der Waals surface area contributed by atoms with Crippen LogP contribution in [0.4, 0.5) is 4.39 Å². The number of hydrogen-bond acceptors (Lipinski definition) is 5. The van der Waals surface area contributed by atoms with Gasteiger partial charge in [-0.3, -0.25) is 0 Å². The molecule has 1 heterocycles. The van der Waals surface area contributed by atoms with Crippen LogP contribution in [-0.4, -0.2) is 45.4 Å². The average molecular weight is 429 g/mol. The highest BCUT2D eigenvalue weighted by Crippen LogP contribution is 2.35. The van der Waals surface area contributed by atoms with Gasteiger partial charge in [-0.2, -0.15) is 4.31 Å². The van der Waals surface area contributed by atoms with E-state index in [-0.39, 0.29) is 47.8 Å². The Balaban J connectivity index is 0.00000280. The summed E-state index contributed by atoms with van der Waals surface area (Å²) >= 11 is 0. The largest absolute Gasteiger partial charge is 0.465 e. The van der Waals surface area contributed by atoms with Crippen LogP contribution in [0.25, 0.3) is 0 Å². The van der Waals surface area contributed by atoms with E-state index in [0.717, 1.165) is 30.9 Å². The minimum absolute atomic E-state index is 0. The second kappa shape index (κ2) is 9.00. The third kappa shape index (κ3) is 4.35. The monoisotopic (exact) mass is 428 g/mol. The lowest BCUT2D eigenvalue weighted by atomic mass is 9.89. The summed E-state index contributed by atoms with van der Waals surface area (Å²) in [6.07, 6.45) is 0. The highest BCUT2D eigenvalue weighted by atomic mass is 35.5. The van der Waals surface area contributed by atoms with Gasteiger partial charge < -0.3 is 10.5 Å². The van der Waals surface area contributed by atoms with Crippen LogP contribution < -0.4 is 5.73 Å². The van der Waals surface area contributed by atoms with Gasteiger partial charge in [0, 0.05) is 19.0 Å². The van der Waals surface area contributed by atoms with Crippen LogP contribution in [0.5, 0.6) is 0 Å². The van der Waals surface area contributed by atoms with E-state index in [0.29, 0.717) is 6.54 Å². The molecule has 1 fully saturated rings. The summed E-state index contributed by atoms with van der Waals surface area (Å²) < 4.78 is 45.9. The first-order valence-corrected chi connectivity index (χ1v) is 9.95. The van der Waals surface area contributed by atoms with E-state index in [9.17, 15) is 17.6 Å². The standard InChI is InChI=1S/C19H21FN2O4S.ClH/c1-26-19(23)14-7-16(20)9-17(8-14)27(24,25)22-11-15(10-21)18(12-22)13-5-3-2-4-6-13;/h2-9,15,18H,10-12,21H2,1H3;1H/t15-,18+;/m1./s1. The van der Waals surface area contributed by atoms with Gasteiger partial charge in [0.25, 0.3) is 0 Å². The molecular weight excluding hydrogens is 407 g/mol. The minimum atomic E-state index is -3.98. The molecule has 6 nitrogen and oxygen atoms in total. The lowest BCUT2D eigenvalue weighted by Gasteiger charge is -2.17. The molecule has 1 saturated heterocycles. The summed E-state index contributed by atoms with van der Waals surface area (Å²) in [5, 5.41) is 0. The molecule has 1 aliphatic rings. The van der Waals surface area contributed by atoms with Crippen LogP contribution in [0, 0.1) is 11.7 Å². The molecule has 0 aliphatic carbocycles. The quantitative estimate of drug-likeness (QED) is 0.738. The van der Waals surface area contributed by atoms with Crippen molar-refractivity contribution in [1.82, 2.24) is 4.31 Å². The van der Waals surface area contributed by atoms with Gasteiger partial charge in [-0.1, -0.05) is 30.3 Å². The van der Waals surface area contributed by atoms with Crippen molar-refractivity contribution in [3.8, 4) is 0 Å². The topological polar surface area (TPSA) is 89.7 Å². The zero-order chi connectivity index (χ0) is 19.6. The number of halogens is 2. The van der Waals surface area contributed by atoms with Crippen molar-refractivity contribution in [2.24, 2.45) is 11.7 Å². The number of carbonyl (C=O) groups is 1. The molecule has 28 heavy (non-hydrogen) atoms. The summed E-state index contributed by atoms with van der Waals surface area (Å²) in [5.41, 5.74) is 6.74. The summed E-state index contributed by atoms with van der Waals surface area (Å²) in [6, 6.07) is 12.6. The van der Waals surface area contributed by atoms with Crippen LogP contribution in [0.3, 0.4) is 0 Å².